The minimum atomic E-state index is -0.103. The lowest BCUT2D eigenvalue weighted by molar-refractivity contribution is 0.102. The number of carbonyl (C=O) groups excluding carboxylic acids is 1. The van der Waals surface area contributed by atoms with E-state index in [9.17, 15) is 4.79 Å². The number of rotatable bonds is 6. The van der Waals surface area contributed by atoms with Crippen molar-refractivity contribution in [2.75, 3.05) is 31.6 Å². The first-order valence-electron chi connectivity index (χ1n) is 8.13. The van der Waals surface area contributed by atoms with E-state index < -0.39 is 0 Å². The fraction of sp³-hybridized carbons (Fsp3) is 0.316. The Morgan fingerprint density at radius 2 is 1.70 bits per heavy atom. The van der Waals surface area contributed by atoms with Gasteiger partial charge in [-0.2, -0.15) is 0 Å². The van der Waals surface area contributed by atoms with Crippen molar-refractivity contribution in [3.8, 4) is 5.75 Å². The Balaban J connectivity index is 1.47. The van der Waals surface area contributed by atoms with Gasteiger partial charge in [0.2, 0.25) is 0 Å². The Morgan fingerprint density at radius 1 is 1.00 bits per heavy atom. The summed E-state index contributed by atoms with van der Waals surface area (Å²) in [5, 5.41) is 2.88. The summed E-state index contributed by atoms with van der Waals surface area (Å²) < 4.78 is 5.76. The number of ether oxygens (including phenoxy) is 1. The molecule has 4 heteroatoms. The first kappa shape index (κ1) is 15.6. The summed E-state index contributed by atoms with van der Waals surface area (Å²) in [5.41, 5.74) is 1.42. The first-order chi connectivity index (χ1) is 11.3. The van der Waals surface area contributed by atoms with Gasteiger partial charge in [0.15, 0.2) is 0 Å². The number of likely N-dealkylation sites (tertiary alicyclic amines) is 1. The Labute approximate surface area is 137 Å². The SMILES string of the molecule is O=C(Nc1ccc(OCCN2CCCC2)cc1)c1ccccc1. The molecule has 0 spiro atoms. The van der Waals surface area contributed by atoms with Gasteiger partial charge in [0.1, 0.15) is 12.4 Å². The zero-order valence-electron chi connectivity index (χ0n) is 13.2. The van der Waals surface area contributed by atoms with Crippen molar-refractivity contribution in [2.24, 2.45) is 0 Å². The van der Waals surface area contributed by atoms with Crippen LogP contribution in [-0.2, 0) is 0 Å². The van der Waals surface area contributed by atoms with E-state index >= 15 is 0 Å². The lowest BCUT2D eigenvalue weighted by atomic mass is 10.2. The lowest BCUT2D eigenvalue weighted by Gasteiger charge is -2.15. The predicted octanol–water partition coefficient (Wildman–Crippen LogP) is 3.41. The highest BCUT2D eigenvalue weighted by atomic mass is 16.5. The molecule has 1 aliphatic heterocycles. The second kappa shape index (κ2) is 7.79. The molecule has 23 heavy (non-hydrogen) atoms. The maximum atomic E-state index is 12.1. The van der Waals surface area contributed by atoms with Crippen LogP contribution in [0.4, 0.5) is 5.69 Å². The topological polar surface area (TPSA) is 41.6 Å². The molecule has 0 aliphatic carbocycles. The van der Waals surface area contributed by atoms with E-state index in [1.54, 1.807) is 12.1 Å². The minimum absolute atomic E-state index is 0.103. The van der Waals surface area contributed by atoms with Crippen LogP contribution in [0.3, 0.4) is 0 Å². The molecule has 0 unspecified atom stereocenters. The Kier molecular flexibility index (Phi) is 5.27. The molecule has 1 heterocycles. The maximum absolute atomic E-state index is 12.1. The monoisotopic (exact) mass is 310 g/mol. The molecule has 120 valence electrons. The van der Waals surface area contributed by atoms with Gasteiger partial charge in [-0.3, -0.25) is 9.69 Å². The average Bonchev–Trinajstić information content (AvgIpc) is 3.11. The number of carbonyl (C=O) groups is 1. The van der Waals surface area contributed by atoms with Crippen LogP contribution in [0.1, 0.15) is 23.2 Å². The molecule has 0 saturated carbocycles. The molecule has 1 aliphatic rings. The fourth-order valence-corrected chi connectivity index (χ4v) is 2.73. The highest BCUT2D eigenvalue weighted by molar-refractivity contribution is 6.04. The summed E-state index contributed by atoms with van der Waals surface area (Å²) in [4.78, 5) is 14.5. The van der Waals surface area contributed by atoms with Crippen molar-refractivity contribution in [3.63, 3.8) is 0 Å². The summed E-state index contributed by atoms with van der Waals surface area (Å²) in [6.45, 7) is 4.06. The van der Waals surface area contributed by atoms with Crippen LogP contribution in [0.2, 0.25) is 0 Å². The van der Waals surface area contributed by atoms with Gasteiger partial charge in [0, 0.05) is 17.8 Å². The zero-order valence-corrected chi connectivity index (χ0v) is 13.2. The summed E-state index contributed by atoms with van der Waals surface area (Å²) in [5.74, 6) is 0.732. The second-order valence-corrected chi connectivity index (χ2v) is 5.74. The smallest absolute Gasteiger partial charge is 0.255 e. The lowest BCUT2D eigenvalue weighted by Crippen LogP contribution is -2.25. The van der Waals surface area contributed by atoms with E-state index in [0.717, 1.165) is 18.0 Å². The third-order valence-corrected chi connectivity index (χ3v) is 4.02. The molecule has 3 rings (SSSR count). The fourth-order valence-electron chi connectivity index (χ4n) is 2.73. The van der Waals surface area contributed by atoms with E-state index in [1.807, 2.05) is 42.5 Å². The number of hydrogen-bond acceptors (Lipinski definition) is 3. The second-order valence-electron chi connectivity index (χ2n) is 5.74. The van der Waals surface area contributed by atoms with Crippen LogP contribution < -0.4 is 10.1 Å². The Hall–Kier alpha value is -2.33. The van der Waals surface area contributed by atoms with Crippen molar-refractivity contribution in [1.29, 1.82) is 0 Å². The molecule has 1 fully saturated rings. The van der Waals surface area contributed by atoms with Crippen LogP contribution in [-0.4, -0.2) is 37.0 Å². The van der Waals surface area contributed by atoms with Crippen molar-refractivity contribution in [2.45, 2.75) is 12.8 Å². The zero-order chi connectivity index (χ0) is 15.9. The van der Waals surface area contributed by atoms with Gasteiger partial charge >= 0.3 is 0 Å². The molecule has 0 atom stereocenters. The third kappa shape index (κ3) is 4.57. The van der Waals surface area contributed by atoms with Gasteiger partial charge in [0.25, 0.3) is 5.91 Å². The summed E-state index contributed by atoms with van der Waals surface area (Å²) >= 11 is 0. The number of hydrogen-bond donors (Lipinski definition) is 1. The molecular formula is C19H22N2O2. The Bertz CT molecular complexity index is 620. The number of nitrogens with zero attached hydrogens (tertiary/aromatic N) is 1. The Morgan fingerprint density at radius 3 is 2.39 bits per heavy atom. The van der Waals surface area contributed by atoms with Crippen LogP contribution in [0.25, 0.3) is 0 Å². The molecule has 1 N–H and O–H groups in total. The number of benzene rings is 2. The van der Waals surface area contributed by atoms with E-state index in [-0.39, 0.29) is 5.91 Å². The minimum Gasteiger partial charge on any atom is -0.492 e. The van der Waals surface area contributed by atoms with E-state index in [4.69, 9.17) is 4.74 Å². The van der Waals surface area contributed by atoms with Crippen molar-refractivity contribution in [3.05, 3.63) is 60.2 Å². The number of nitrogens with one attached hydrogen (secondary N) is 1. The highest BCUT2D eigenvalue weighted by Crippen LogP contribution is 2.17. The van der Waals surface area contributed by atoms with Gasteiger partial charge in [-0.25, -0.2) is 0 Å². The van der Waals surface area contributed by atoms with Crippen molar-refractivity contribution >= 4 is 11.6 Å². The van der Waals surface area contributed by atoms with Gasteiger partial charge in [-0.1, -0.05) is 18.2 Å². The normalized spacial score (nSPS) is 14.6. The first-order valence-corrected chi connectivity index (χ1v) is 8.13. The van der Waals surface area contributed by atoms with Gasteiger partial charge in [0.05, 0.1) is 0 Å². The maximum Gasteiger partial charge on any atom is 0.255 e. The number of anilines is 1. The summed E-state index contributed by atoms with van der Waals surface area (Å²) in [7, 11) is 0. The van der Waals surface area contributed by atoms with Crippen molar-refractivity contribution < 1.29 is 9.53 Å². The summed E-state index contributed by atoms with van der Waals surface area (Å²) in [6.07, 6.45) is 2.60. The molecule has 0 radical (unpaired) electrons. The highest BCUT2D eigenvalue weighted by Gasteiger charge is 2.10. The van der Waals surface area contributed by atoms with E-state index in [1.165, 1.54) is 25.9 Å². The van der Waals surface area contributed by atoms with Gasteiger partial charge in [-0.05, 0) is 62.3 Å². The molecule has 1 saturated heterocycles. The standard InChI is InChI=1S/C19H22N2O2/c22-19(16-6-2-1-3-7-16)20-17-8-10-18(11-9-17)23-15-14-21-12-4-5-13-21/h1-3,6-11H,4-5,12-15H2,(H,20,22). The van der Waals surface area contributed by atoms with E-state index in [0.29, 0.717) is 12.2 Å². The molecule has 2 aromatic carbocycles. The number of amides is 1. The van der Waals surface area contributed by atoms with Gasteiger partial charge in [-0.15, -0.1) is 0 Å². The molecule has 2 aromatic rings. The van der Waals surface area contributed by atoms with Crippen LogP contribution in [0, 0.1) is 0 Å². The molecule has 0 aromatic heterocycles. The largest absolute Gasteiger partial charge is 0.492 e. The predicted molar refractivity (Wildman–Crippen MR) is 92.0 cm³/mol. The van der Waals surface area contributed by atoms with Crippen LogP contribution >= 0.6 is 0 Å². The van der Waals surface area contributed by atoms with E-state index in [2.05, 4.69) is 10.2 Å². The van der Waals surface area contributed by atoms with Gasteiger partial charge < -0.3 is 10.1 Å². The third-order valence-electron chi connectivity index (χ3n) is 4.02. The molecule has 0 bridgehead atoms. The molecule has 1 amide bonds. The van der Waals surface area contributed by atoms with Crippen molar-refractivity contribution in [1.82, 2.24) is 4.90 Å². The molecular weight excluding hydrogens is 288 g/mol. The average molecular weight is 310 g/mol. The molecule has 4 nitrogen and oxygen atoms in total. The van der Waals surface area contributed by atoms with Crippen LogP contribution in [0.15, 0.2) is 54.6 Å². The quantitative estimate of drug-likeness (QED) is 0.889. The summed E-state index contributed by atoms with van der Waals surface area (Å²) in [6, 6.07) is 16.7. The van der Waals surface area contributed by atoms with Crippen LogP contribution in [0.5, 0.6) is 5.75 Å².